The van der Waals surface area contributed by atoms with Gasteiger partial charge in [-0.25, -0.2) is 4.98 Å². The molecule has 38 heavy (non-hydrogen) atoms. The van der Waals surface area contributed by atoms with Crippen molar-refractivity contribution in [1.29, 1.82) is 5.41 Å². The zero-order chi connectivity index (χ0) is 27.1. The van der Waals surface area contributed by atoms with Gasteiger partial charge in [0.15, 0.2) is 5.78 Å². The third-order valence-electron chi connectivity index (χ3n) is 6.43. The molecule has 2 aromatic carbocycles. The molecule has 0 aliphatic carbocycles. The van der Waals surface area contributed by atoms with Gasteiger partial charge in [-0.15, -0.1) is 17.0 Å². The summed E-state index contributed by atoms with van der Waals surface area (Å²) >= 11 is 0. The Morgan fingerprint density at radius 3 is 2.47 bits per heavy atom. The van der Waals surface area contributed by atoms with Crippen LogP contribution in [-0.4, -0.2) is 58.1 Å². The first-order chi connectivity index (χ1) is 17.4. The summed E-state index contributed by atoms with van der Waals surface area (Å²) in [6.45, 7) is 8.63. The number of Topliss-reactive ketones (excluding diaryl/α,β-unsaturated/α-hetero) is 1. The Labute approximate surface area is 231 Å². The van der Waals surface area contributed by atoms with Crippen molar-refractivity contribution in [3.05, 3.63) is 58.4 Å². The number of benzene rings is 2. The maximum Gasteiger partial charge on any atom is 0.254 e. The van der Waals surface area contributed by atoms with Gasteiger partial charge < -0.3 is 25.3 Å². The minimum absolute atomic E-state index is 0. The number of nitrogens with zero attached hydrogens (tertiary/aromatic N) is 3. The van der Waals surface area contributed by atoms with E-state index in [1.54, 1.807) is 41.0 Å². The summed E-state index contributed by atoms with van der Waals surface area (Å²) in [6.07, 6.45) is 1.56. The van der Waals surface area contributed by atoms with E-state index in [9.17, 15) is 14.4 Å². The predicted octanol–water partition coefficient (Wildman–Crippen LogP) is 3.18. The first-order valence-electron chi connectivity index (χ1n) is 12.1. The Bertz CT molecular complexity index is 1440. The average molecular weight is 586 g/mol. The molecule has 0 radical (unpaired) electrons. The van der Waals surface area contributed by atoms with E-state index in [0.717, 1.165) is 16.6 Å². The van der Waals surface area contributed by atoms with Gasteiger partial charge in [0.2, 0.25) is 5.91 Å². The number of rotatable bonds is 8. The molecular formula is C27H33BrN6O4. The Balaban J connectivity index is 0.00000400. The van der Waals surface area contributed by atoms with Crippen LogP contribution in [0.4, 0.5) is 0 Å². The molecule has 4 rings (SSSR count). The van der Waals surface area contributed by atoms with Crippen LogP contribution in [-0.2, 0) is 23.3 Å². The lowest BCUT2D eigenvalue weighted by molar-refractivity contribution is -0.118. The minimum atomic E-state index is -0.501. The van der Waals surface area contributed by atoms with Crippen LogP contribution in [0.3, 0.4) is 0 Å². The van der Waals surface area contributed by atoms with Crippen molar-refractivity contribution in [2.24, 2.45) is 5.73 Å². The highest BCUT2D eigenvalue weighted by atomic mass is 79.9. The monoisotopic (exact) mass is 584 g/mol. The Morgan fingerprint density at radius 1 is 1.16 bits per heavy atom. The van der Waals surface area contributed by atoms with Crippen molar-refractivity contribution < 1.29 is 19.1 Å². The molecule has 0 atom stereocenters. The number of amides is 2. The number of hydrogen-bond acceptors (Lipinski definition) is 6. The van der Waals surface area contributed by atoms with E-state index >= 15 is 0 Å². The molecule has 1 aliphatic heterocycles. The quantitative estimate of drug-likeness (QED) is 0.347. The summed E-state index contributed by atoms with van der Waals surface area (Å²) in [4.78, 5) is 43.6. The van der Waals surface area contributed by atoms with Crippen LogP contribution in [0, 0.1) is 5.41 Å². The molecule has 10 nitrogen and oxygen atoms in total. The van der Waals surface area contributed by atoms with E-state index in [2.05, 4.69) is 10.3 Å². The number of carbonyl (C=O) groups excluding carboxylic acids is 3. The standard InChI is InChI=1S/C27H32N6O4.BrH/c1-6-37-22-9-16-11-32(25(29)17(16)10-18(22)26(36)30-5)12-21(34)15-7-19(27(2,3)4)24-20(8-15)33(14-31-24)13-23(28)35;/h7-10,14,29H,6,11-13H2,1-5H3,(H2,28,35)(H,30,36);1H. The van der Waals surface area contributed by atoms with E-state index < -0.39 is 5.91 Å². The molecule has 2 heterocycles. The van der Waals surface area contributed by atoms with Gasteiger partial charge in [-0.2, -0.15) is 0 Å². The molecule has 11 heteroatoms. The molecule has 0 unspecified atom stereocenters. The topological polar surface area (TPSA) is 143 Å². The fraction of sp³-hybridized carbons (Fsp3) is 0.370. The summed E-state index contributed by atoms with van der Waals surface area (Å²) < 4.78 is 7.31. The van der Waals surface area contributed by atoms with Gasteiger partial charge in [0.05, 0.1) is 36.1 Å². The van der Waals surface area contributed by atoms with Crippen molar-refractivity contribution >= 4 is 51.4 Å². The number of halogens is 1. The number of primary amides is 1. The van der Waals surface area contributed by atoms with Gasteiger partial charge in [0.1, 0.15) is 18.1 Å². The number of carbonyl (C=O) groups is 3. The van der Waals surface area contributed by atoms with Crippen LogP contribution in [0.5, 0.6) is 5.75 Å². The third-order valence-corrected chi connectivity index (χ3v) is 6.43. The molecule has 1 aliphatic rings. The number of aromatic nitrogens is 2. The summed E-state index contributed by atoms with van der Waals surface area (Å²) in [5.74, 6) is -0.353. The van der Waals surface area contributed by atoms with Gasteiger partial charge >= 0.3 is 0 Å². The lowest BCUT2D eigenvalue weighted by Crippen LogP contribution is -2.30. The van der Waals surface area contributed by atoms with Crippen LogP contribution >= 0.6 is 17.0 Å². The summed E-state index contributed by atoms with van der Waals surface area (Å²) in [7, 11) is 1.54. The van der Waals surface area contributed by atoms with Crippen LogP contribution in [0.1, 0.15) is 65.1 Å². The number of hydrogen-bond donors (Lipinski definition) is 3. The highest BCUT2D eigenvalue weighted by molar-refractivity contribution is 8.93. The average Bonchev–Trinajstić information content (AvgIpc) is 3.36. The number of ketones is 1. The Kier molecular flexibility index (Phi) is 8.30. The normalized spacial score (nSPS) is 12.8. The first kappa shape index (κ1) is 28.8. The van der Waals surface area contributed by atoms with Crippen molar-refractivity contribution in [1.82, 2.24) is 19.8 Å². The van der Waals surface area contributed by atoms with Crippen molar-refractivity contribution in [2.75, 3.05) is 20.2 Å². The van der Waals surface area contributed by atoms with Crippen LogP contribution in [0.2, 0.25) is 0 Å². The molecule has 202 valence electrons. The Morgan fingerprint density at radius 2 is 1.87 bits per heavy atom. The molecule has 0 fully saturated rings. The fourth-order valence-corrected chi connectivity index (χ4v) is 4.60. The van der Waals surface area contributed by atoms with Crippen LogP contribution in [0.25, 0.3) is 11.0 Å². The molecule has 1 aromatic heterocycles. The second-order valence-electron chi connectivity index (χ2n) is 10.1. The smallest absolute Gasteiger partial charge is 0.254 e. The van der Waals surface area contributed by atoms with E-state index in [0.29, 0.717) is 41.1 Å². The SMILES string of the molecule is Br.CCOc1cc2c(cc1C(=O)NC)C(=N)N(CC(=O)c1cc(C(C)(C)C)c3ncn(CC(N)=O)c3c1)C2. The van der Waals surface area contributed by atoms with E-state index in [1.165, 1.54) is 0 Å². The largest absolute Gasteiger partial charge is 0.493 e. The molecular weight excluding hydrogens is 552 g/mol. The molecule has 4 N–H and O–H groups in total. The maximum absolute atomic E-state index is 13.5. The third kappa shape index (κ3) is 5.42. The fourth-order valence-electron chi connectivity index (χ4n) is 4.60. The molecule has 0 saturated heterocycles. The van der Waals surface area contributed by atoms with Gasteiger partial charge in [-0.05, 0) is 47.7 Å². The van der Waals surface area contributed by atoms with Crippen molar-refractivity contribution in [3.8, 4) is 5.75 Å². The summed E-state index contributed by atoms with van der Waals surface area (Å²) in [5, 5.41) is 11.3. The van der Waals surface area contributed by atoms with Crippen molar-refractivity contribution in [3.63, 3.8) is 0 Å². The lowest BCUT2D eigenvalue weighted by Gasteiger charge is -2.22. The lowest BCUT2D eigenvalue weighted by atomic mass is 9.84. The number of amidine groups is 1. The van der Waals surface area contributed by atoms with E-state index in [1.807, 2.05) is 33.8 Å². The molecule has 2 amide bonds. The minimum Gasteiger partial charge on any atom is -0.493 e. The number of fused-ring (bicyclic) bond motifs is 2. The number of ether oxygens (including phenoxy) is 1. The van der Waals surface area contributed by atoms with Gasteiger partial charge in [0.25, 0.3) is 5.91 Å². The van der Waals surface area contributed by atoms with Gasteiger partial charge in [-0.3, -0.25) is 19.8 Å². The molecule has 0 bridgehead atoms. The molecule has 0 saturated carbocycles. The van der Waals surface area contributed by atoms with Crippen molar-refractivity contribution in [2.45, 2.75) is 46.2 Å². The number of nitrogens with two attached hydrogens (primary N) is 1. The summed E-state index contributed by atoms with van der Waals surface area (Å²) in [6, 6.07) is 7.00. The highest BCUT2D eigenvalue weighted by Gasteiger charge is 2.30. The zero-order valence-electron chi connectivity index (χ0n) is 22.2. The Hall–Kier alpha value is -3.73. The maximum atomic E-state index is 13.5. The second kappa shape index (κ2) is 10.9. The first-order valence-corrected chi connectivity index (χ1v) is 12.1. The van der Waals surface area contributed by atoms with Gasteiger partial charge in [-0.1, -0.05) is 20.8 Å². The molecule has 0 spiro atoms. The second-order valence-corrected chi connectivity index (χ2v) is 10.1. The van der Waals surface area contributed by atoms with Gasteiger partial charge in [0, 0.05) is 24.7 Å². The number of imidazole rings is 1. The van der Waals surface area contributed by atoms with E-state index in [4.69, 9.17) is 15.9 Å². The highest BCUT2D eigenvalue weighted by Crippen LogP contribution is 2.33. The molecule has 3 aromatic rings. The van der Waals surface area contributed by atoms with Crippen LogP contribution in [0.15, 0.2) is 30.6 Å². The number of nitrogens with one attached hydrogen (secondary N) is 2. The van der Waals surface area contributed by atoms with Crippen LogP contribution < -0.4 is 15.8 Å². The zero-order valence-corrected chi connectivity index (χ0v) is 23.9. The predicted molar refractivity (Wildman–Crippen MR) is 151 cm³/mol. The van der Waals surface area contributed by atoms with E-state index in [-0.39, 0.29) is 53.0 Å². The summed E-state index contributed by atoms with van der Waals surface area (Å²) in [5.41, 5.74) is 9.60.